The number of carbonyl (C=O) groups is 1. The monoisotopic (exact) mass is 302 g/mol. The lowest BCUT2D eigenvalue weighted by Gasteiger charge is -2.23. The maximum Gasteiger partial charge on any atom is 0.249 e. The molecule has 3 fully saturated rings. The van der Waals surface area contributed by atoms with Crippen molar-refractivity contribution in [3.8, 4) is 0 Å². The lowest BCUT2D eigenvalue weighted by Crippen LogP contribution is -2.37. The third-order valence-electron chi connectivity index (χ3n) is 4.91. The first-order chi connectivity index (χ1) is 10.7. The van der Waals surface area contributed by atoms with Gasteiger partial charge in [-0.1, -0.05) is 0 Å². The van der Waals surface area contributed by atoms with Gasteiger partial charge in [0.1, 0.15) is 6.10 Å². The molecule has 0 radical (unpaired) electrons. The summed E-state index contributed by atoms with van der Waals surface area (Å²) in [7, 11) is 0. The van der Waals surface area contributed by atoms with Crippen LogP contribution in [0.5, 0.6) is 0 Å². The summed E-state index contributed by atoms with van der Waals surface area (Å²) in [5.74, 6) is 1.64. The molecule has 4 rings (SSSR count). The van der Waals surface area contributed by atoms with Crippen LogP contribution in [0.4, 0.5) is 5.82 Å². The molecule has 0 spiro atoms. The molecule has 3 heterocycles. The number of rotatable bonds is 4. The van der Waals surface area contributed by atoms with E-state index in [4.69, 9.17) is 4.74 Å². The van der Waals surface area contributed by atoms with Crippen molar-refractivity contribution in [2.75, 3.05) is 18.0 Å². The van der Waals surface area contributed by atoms with E-state index in [1.54, 1.807) is 0 Å². The van der Waals surface area contributed by atoms with E-state index in [1.165, 1.54) is 12.8 Å². The van der Waals surface area contributed by atoms with Gasteiger partial charge in [-0.05, 0) is 44.2 Å². The van der Waals surface area contributed by atoms with Crippen molar-refractivity contribution >= 4 is 11.7 Å². The van der Waals surface area contributed by atoms with Crippen molar-refractivity contribution in [1.29, 1.82) is 0 Å². The predicted molar refractivity (Wildman–Crippen MR) is 81.5 cm³/mol. The van der Waals surface area contributed by atoms with Crippen LogP contribution in [0.1, 0.15) is 31.4 Å². The number of amides is 1. The Morgan fingerprint density at radius 1 is 1.36 bits per heavy atom. The fourth-order valence-corrected chi connectivity index (χ4v) is 3.43. The molecule has 1 aromatic rings. The van der Waals surface area contributed by atoms with Crippen molar-refractivity contribution in [3.05, 3.63) is 17.8 Å². The number of hydrogen-bond acceptors (Lipinski definition) is 5. The van der Waals surface area contributed by atoms with Crippen LogP contribution in [0.2, 0.25) is 0 Å². The van der Waals surface area contributed by atoms with Crippen molar-refractivity contribution < 1.29 is 9.53 Å². The van der Waals surface area contributed by atoms with E-state index in [-0.39, 0.29) is 24.2 Å². The highest BCUT2D eigenvalue weighted by molar-refractivity contribution is 5.81. The highest BCUT2D eigenvalue weighted by atomic mass is 16.5. The molecule has 2 saturated heterocycles. The number of aromatic nitrogens is 2. The molecular weight excluding hydrogens is 280 g/mol. The summed E-state index contributed by atoms with van der Waals surface area (Å²) in [5, 5.41) is 11.4. The summed E-state index contributed by atoms with van der Waals surface area (Å²) in [6.07, 6.45) is 4.02. The van der Waals surface area contributed by atoms with Gasteiger partial charge in [0, 0.05) is 19.5 Å². The van der Waals surface area contributed by atoms with Crippen LogP contribution in [0.3, 0.4) is 0 Å². The number of carbonyl (C=O) groups excluding carboxylic acids is 1. The fraction of sp³-hybridized carbons (Fsp3) is 0.688. The molecule has 6 heteroatoms. The summed E-state index contributed by atoms with van der Waals surface area (Å²) in [6, 6.07) is 4.23. The number of anilines is 1. The first kappa shape index (κ1) is 13.9. The number of aryl methyl sites for hydroxylation is 1. The second-order valence-corrected chi connectivity index (χ2v) is 6.67. The van der Waals surface area contributed by atoms with Gasteiger partial charge >= 0.3 is 0 Å². The Labute approximate surface area is 130 Å². The smallest absolute Gasteiger partial charge is 0.249 e. The van der Waals surface area contributed by atoms with Gasteiger partial charge in [-0.3, -0.25) is 4.79 Å². The van der Waals surface area contributed by atoms with Crippen molar-refractivity contribution in [2.45, 2.75) is 50.9 Å². The summed E-state index contributed by atoms with van der Waals surface area (Å²) >= 11 is 0. The van der Waals surface area contributed by atoms with Crippen LogP contribution in [0.15, 0.2) is 12.1 Å². The molecule has 1 N–H and O–H groups in total. The minimum Gasteiger partial charge on any atom is -0.363 e. The Kier molecular flexibility index (Phi) is 3.48. The minimum atomic E-state index is -0.310. The molecule has 118 valence electrons. The van der Waals surface area contributed by atoms with Gasteiger partial charge in [0.15, 0.2) is 5.82 Å². The average molecular weight is 302 g/mol. The third-order valence-corrected chi connectivity index (χ3v) is 4.91. The van der Waals surface area contributed by atoms with Crippen LogP contribution in [-0.2, 0) is 9.53 Å². The van der Waals surface area contributed by atoms with Crippen LogP contribution in [-0.4, -0.2) is 47.4 Å². The largest absolute Gasteiger partial charge is 0.363 e. The topological polar surface area (TPSA) is 67.3 Å². The van der Waals surface area contributed by atoms with Gasteiger partial charge in [-0.25, -0.2) is 0 Å². The number of ether oxygens (including phenoxy) is 1. The molecule has 2 aliphatic heterocycles. The zero-order valence-corrected chi connectivity index (χ0v) is 12.9. The van der Waals surface area contributed by atoms with Crippen LogP contribution >= 0.6 is 0 Å². The molecule has 6 nitrogen and oxygen atoms in total. The molecule has 1 amide bonds. The second kappa shape index (κ2) is 5.50. The maximum atomic E-state index is 12.2. The Morgan fingerprint density at radius 3 is 2.95 bits per heavy atom. The van der Waals surface area contributed by atoms with Crippen molar-refractivity contribution in [1.82, 2.24) is 15.5 Å². The Bertz CT molecular complexity index is 558. The van der Waals surface area contributed by atoms with Gasteiger partial charge < -0.3 is 15.0 Å². The molecule has 0 aromatic carbocycles. The zero-order valence-electron chi connectivity index (χ0n) is 12.9. The van der Waals surface area contributed by atoms with E-state index in [9.17, 15) is 4.79 Å². The first-order valence-corrected chi connectivity index (χ1v) is 8.21. The van der Waals surface area contributed by atoms with Gasteiger partial charge in [-0.15, -0.1) is 5.10 Å². The number of nitrogens with one attached hydrogen (secondary N) is 1. The summed E-state index contributed by atoms with van der Waals surface area (Å²) in [4.78, 5) is 14.5. The fourth-order valence-electron chi connectivity index (χ4n) is 3.43. The van der Waals surface area contributed by atoms with Gasteiger partial charge in [0.05, 0.1) is 17.8 Å². The van der Waals surface area contributed by atoms with E-state index < -0.39 is 0 Å². The van der Waals surface area contributed by atoms with Crippen molar-refractivity contribution in [2.24, 2.45) is 5.92 Å². The summed E-state index contributed by atoms with van der Waals surface area (Å²) < 4.78 is 5.97. The maximum absolute atomic E-state index is 12.2. The SMILES string of the molecule is Cc1ccc(N2CC[C@@H]3O[C@@H](C(=O)NCC4CC4)C[C@@H]32)nn1. The number of nitrogens with zero attached hydrogens (tertiary/aromatic N) is 3. The van der Waals surface area contributed by atoms with Crippen LogP contribution in [0, 0.1) is 12.8 Å². The summed E-state index contributed by atoms with van der Waals surface area (Å²) in [5.41, 5.74) is 0.916. The quantitative estimate of drug-likeness (QED) is 0.900. The highest BCUT2D eigenvalue weighted by Gasteiger charge is 2.46. The van der Waals surface area contributed by atoms with E-state index in [2.05, 4.69) is 20.4 Å². The number of fused-ring (bicyclic) bond motifs is 1. The van der Waals surface area contributed by atoms with Crippen molar-refractivity contribution in [3.63, 3.8) is 0 Å². The minimum absolute atomic E-state index is 0.0521. The van der Waals surface area contributed by atoms with Crippen LogP contribution < -0.4 is 10.2 Å². The first-order valence-electron chi connectivity index (χ1n) is 8.21. The molecule has 0 bridgehead atoms. The van der Waals surface area contributed by atoms with E-state index in [0.29, 0.717) is 5.92 Å². The standard InChI is InChI=1S/C16H22N4O2/c1-10-2-5-15(19-18-10)20-7-6-13-12(20)8-14(22-13)16(21)17-9-11-3-4-11/h2,5,11-14H,3-4,6-9H2,1H3,(H,17,21)/t12-,13-,14+/m0/s1. The summed E-state index contributed by atoms with van der Waals surface area (Å²) in [6.45, 7) is 3.66. The molecule has 3 atom stereocenters. The average Bonchev–Trinajstić information content (AvgIpc) is 3.12. The molecule has 22 heavy (non-hydrogen) atoms. The second-order valence-electron chi connectivity index (χ2n) is 6.67. The van der Waals surface area contributed by atoms with Gasteiger partial charge in [0.2, 0.25) is 5.91 Å². The zero-order chi connectivity index (χ0) is 15.1. The molecule has 0 unspecified atom stereocenters. The van der Waals surface area contributed by atoms with E-state index in [0.717, 1.165) is 37.4 Å². The normalized spacial score (nSPS) is 30.4. The van der Waals surface area contributed by atoms with Gasteiger partial charge in [0.25, 0.3) is 0 Å². The molecule has 1 aliphatic carbocycles. The Balaban J connectivity index is 1.40. The molecule has 3 aliphatic rings. The lowest BCUT2D eigenvalue weighted by molar-refractivity contribution is -0.132. The van der Waals surface area contributed by atoms with Crippen LogP contribution in [0.25, 0.3) is 0 Å². The molecule has 1 aromatic heterocycles. The van der Waals surface area contributed by atoms with Gasteiger partial charge in [-0.2, -0.15) is 5.10 Å². The highest BCUT2D eigenvalue weighted by Crippen LogP contribution is 2.35. The van der Waals surface area contributed by atoms with E-state index >= 15 is 0 Å². The Hall–Kier alpha value is -1.69. The van der Waals surface area contributed by atoms with E-state index in [1.807, 2.05) is 19.1 Å². The third kappa shape index (κ3) is 2.67. The predicted octanol–water partition coefficient (Wildman–Crippen LogP) is 1.05. The molecule has 1 saturated carbocycles. The Morgan fingerprint density at radius 2 is 2.23 bits per heavy atom. The molecular formula is C16H22N4O2. The number of hydrogen-bond donors (Lipinski definition) is 1. The lowest BCUT2D eigenvalue weighted by atomic mass is 10.1.